The van der Waals surface area contributed by atoms with E-state index in [9.17, 15) is 13.2 Å². The van der Waals surface area contributed by atoms with Gasteiger partial charge < -0.3 is 14.8 Å². The molecule has 9 heteroatoms. The van der Waals surface area contributed by atoms with E-state index in [-0.39, 0.29) is 16.7 Å². The molecule has 0 saturated carbocycles. The largest absolute Gasteiger partial charge is 0.486 e. The summed E-state index contributed by atoms with van der Waals surface area (Å²) in [5.41, 5.74) is 0. The highest BCUT2D eigenvalue weighted by Crippen LogP contribution is 2.32. The molecule has 0 bridgehead atoms. The van der Waals surface area contributed by atoms with Gasteiger partial charge in [0.25, 0.3) is 0 Å². The third-order valence-corrected chi connectivity index (χ3v) is 6.49. The Morgan fingerprint density at radius 1 is 1.03 bits per heavy atom. The fourth-order valence-corrected chi connectivity index (χ4v) is 4.81. The number of sulfonamides is 1. The second kappa shape index (κ2) is 10.5. The summed E-state index contributed by atoms with van der Waals surface area (Å²) in [5.74, 6) is 0.345. The molecule has 1 heterocycles. The van der Waals surface area contributed by atoms with Crippen LogP contribution in [0, 0.1) is 5.92 Å². The number of nitrogens with zero attached hydrogens (tertiary/aromatic N) is 1. The second-order valence-electron chi connectivity index (χ2n) is 8.36. The van der Waals surface area contributed by atoms with E-state index < -0.39 is 16.1 Å². The molecule has 8 nitrogen and oxygen atoms in total. The van der Waals surface area contributed by atoms with Crippen molar-refractivity contribution in [2.75, 3.05) is 26.3 Å². The van der Waals surface area contributed by atoms with E-state index in [0.29, 0.717) is 49.9 Å². The monoisotopic (exact) mass is 441 g/mol. The maximum atomic E-state index is 12.9. The van der Waals surface area contributed by atoms with E-state index in [1.54, 1.807) is 6.07 Å². The zero-order chi connectivity index (χ0) is 22.5. The van der Waals surface area contributed by atoms with Crippen molar-refractivity contribution in [1.29, 1.82) is 0 Å². The SMILES string of the molecule is CC(C)C(NS(=O)(=O)c1ccc2c(c1)OCCO2)C(=O)NCCN(C(C)C)C(C)C. The fourth-order valence-electron chi connectivity index (χ4n) is 3.45. The number of carbonyl (C=O) groups excluding carboxylic acids is 1. The minimum Gasteiger partial charge on any atom is -0.486 e. The molecule has 1 aliphatic rings. The lowest BCUT2D eigenvalue weighted by Crippen LogP contribution is -2.51. The number of rotatable bonds is 10. The van der Waals surface area contributed by atoms with Crippen LogP contribution in [-0.4, -0.2) is 63.7 Å². The van der Waals surface area contributed by atoms with Crippen LogP contribution in [0.15, 0.2) is 23.1 Å². The van der Waals surface area contributed by atoms with Crippen LogP contribution < -0.4 is 19.5 Å². The van der Waals surface area contributed by atoms with Crippen molar-refractivity contribution in [2.45, 2.75) is 64.6 Å². The standard InChI is InChI=1S/C21H35N3O5S/c1-14(2)20(21(25)22-9-10-24(15(3)4)16(5)6)23-30(26,27)17-7-8-18-19(13-17)29-12-11-28-18/h7-8,13-16,20,23H,9-12H2,1-6H3,(H,22,25). The Morgan fingerprint density at radius 3 is 2.20 bits per heavy atom. The van der Waals surface area contributed by atoms with Crippen molar-refractivity contribution in [3.63, 3.8) is 0 Å². The summed E-state index contributed by atoms with van der Waals surface area (Å²) in [4.78, 5) is 15.1. The maximum Gasteiger partial charge on any atom is 0.241 e. The van der Waals surface area contributed by atoms with Crippen LogP contribution in [0.25, 0.3) is 0 Å². The summed E-state index contributed by atoms with van der Waals surface area (Å²) in [6, 6.07) is 4.28. The van der Waals surface area contributed by atoms with Crippen molar-refractivity contribution < 1.29 is 22.7 Å². The number of amides is 1. The Kier molecular flexibility index (Phi) is 8.52. The Balaban J connectivity index is 2.06. The Labute approximate surface area is 180 Å². The third kappa shape index (κ3) is 6.33. The number of ether oxygens (including phenoxy) is 2. The molecule has 0 aliphatic carbocycles. The Bertz CT molecular complexity index is 816. The first kappa shape index (κ1) is 24.4. The van der Waals surface area contributed by atoms with E-state index in [1.807, 2.05) is 13.8 Å². The normalized spacial score (nSPS) is 15.1. The van der Waals surface area contributed by atoms with Gasteiger partial charge >= 0.3 is 0 Å². The number of hydrogen-bond donors (Lipinski definition) is 2. The van der Waals surface area contributed by atoms with E-state index in [2.05, 4.69) is 42.6 Å². The van der Waals surface area contributed by atoms with Gasteiger partial charge in [-0.3, -0.25) is 9.69 Å². The molecule has 2 N–H and O–H groups in total. The lowest BCUT2D eigenvalue weighted by Gasteiger charge is -2.31. The number of carbonyl (C=O) groups is 1. The summed E-state index contributed by atoms with van der Waals surface area (Å²) in [6.07, 6.45) is 0. The molecule has 2 rings (SSSR count). The van der Waals surface area contributed by atoms with Gasteiger partial charge in [-0.15, -0.1) is 0 Å². The summed E-state index contributed by atoms with van der Waals surface area (Å²) < 4.78 is 39.3. The molecule has 1 atom stereocenters. The molecular formula is C21H35N3O5S. The van der Waals surface area contributed by atoms with Gasteiger partial charge in [0.2, 0.25) is 15.9 Å². The summed E-state index contributed by atoms with van der Waals surface area (Å²) in [6.45, 7) is 14.0. The van der Waals surface area contributed by atoms with Gasteiger partial charge in [0.15, 0.2) is 11.5 Å². The van der Waals surface area contributed by atoms with Crippen molar-refractivity contribution >= 4 is 15.9 Å². The predicted octanol–water partition coefficient (Wildman–Crippen LogP) is 2.00. The highest BCUT2D eigenvalue weighted by molar-refractivity contribution is 7.89. The van der Waals surface area contributed by atoms with Crippen LogP contribution >= 0.6 is 0 Å². The van der Waals surface area contributed by atoms with Gasteiger partial charge in [0.05, 0.1) is 4.90 Å². The van der Waals surface area contributed by atoms with Crippen LogP contribution in [-0.2, 0) is 14.8 Å². The summed E-state index contributed by atoms with van der Waals surface area (Å²) in [7, 11) is -3.91. The van der Waals surface area contributed by atoms with Gasteiger partial charge in [-0.05, 0) is 45.7 Å². The highest BCUT2D eigenvalue weighted by Gasteiger charge is 2.29. The van der Waals surface area contributed by atoms with E-state index in [1.165, 1.54) is 12.1 Å². The van der Waals surface area contributed by atoms with E-state index in [4.69, 9.17) is 9.47 Å². The lowest BCUT2D eigenvalue weighted by molar-refractivity contribution is -0.123. The average Bonchev–Trinajstić information content (AvgIpc) is 2.68. The molecule has 30 heavy (non-hydrogen) atoms. The Hall–Kier alpha value is -1.84. The molecule has 1 aliphatic heterocycles. The Morgan fingerprint density at radius 2 is 1.63 bits per heavy atom. The van der Waals surface area contributed by atoms with Crippen LogP contribution in [0.2, 0.25) is 0 Å². The third-order valence-electron chi connectivity index (χ3n) is 5.05. The number of benzene rings is 1. The molecular weight excluding hydrogens is 406 g/mol. The second-order valence-corrected chi connectivity index (χ2v) is 10.1. The molecule has 0 aromatic heterocycles. The van der Waals surface area contributed by atoms with Crippen molar-refractivity contribution in [2.24, 2.45) is 5.92 Å². The van der Waals surface area contributed by atoms with Gasteiger partial charge in [-0.1, -0.05) is 13.8 Å². The van der Waals surface area contributed by atoms with Crippen LogP contribution in [0.4, 0.5) is 0 Å². The predicted molar refractivity (Wildman–Crippen MR) is 116 cm³/mol. The number of fused-ring (bicyclic) bond motifs is 1. The molecule has 1 amide bonds. The molecule has 0 radical (unpaired) electrons. The maximum absolute atomic E-state index is 12.9. The van der Waals surface area contributed by atoms with E-state index >= 15 is 0 Å². The van der Waals surface area contributed by atoms with Crippen LogP contribution in [0.3, 0.4) is 0 Å². The number of nitrogens with one attached hydrogen (secondary N) is 2. The van der Waals surface area contributed by atoms with Crippen molar-refractivity contribution in [1.82, 2.24) is 14.9 Å². The van der Waals surface area contributed by atoms with Crippen LogP contribution in [0.1, 0.15) is 41.5 Å². The fraction of sp³-hybridized carbons (Fsp3) is 0.667. The smallest absolute Gasteiger partial charge is 0.241 e. The van der Waals surface area contributed by atoms with E-state index in [0.717, 1.165) is 0 Å². The van der Waals surface area contributed by atoms with Gasteiger partial charge in [0.1, 0.15) is 19.3 Å². The van der Waals surface area contributed by atoms with Gasteiger partial charge in [-0.25, -0.2) is 8.42 Å². The van der Waals surface area contributed by atoms with Crippen molar-refractivity contribution in [3.8, 4) is 11.5 Å². The quantitative estimate of drug-likeness (QED) is 0.576. The summed E-state index contributed by atoms with van der Waals surface area (Å²) in [5, 5.41) is 2.88. The average molecular weight is 442 g/mol. The first-order valence-corrected chi connectivity index (χ1v) is 12.0. The molecule has 1 aromatic carbocycles. The molecule has 1 aromatic rings. The topological polar surface area (TPSA) is 97.0 Å². The lowest BCUT2D eigenvalue weighted by atomic mass is 10.1. The van der Waals surface area contributed by atoms with Crippen LogP contribution in [0.5, 0.6) is 11.5 Å². The molecule has 1 unspecified atom stereocenters. The highest BCUT2D eigenvalue weighted by atomic mass is 32.2. The first-order valence-electron chi connectivity index (χ1n) is 10.5. The van der Waals surface area contributed by atoms with Gasteiger partial charge in [0, 0.05) is 31.2 Å². The summed E-state index contributed by atoms with van der Waals surface area (Å²) >= 11 is 0. The first-order chi connectivity index (χ1) is 14.0. The van der Waals surface area contributed by atoms with Gasteiger partial charge in [-0.2, -0.15) is 4.72 Å². The molecule has 170 valence electrons. The van der Waals surface area contributed by atoms with Crippen molar-refractivity contribution in [3.05, 3.63) is 18.2 Å². The minimum absolute atomic E-state index is 0.0380. The zero-order valence-electron chi connectivity index (χ0n) is 18.8. The molecule has 0 spiro atoms. The molecule has 0 fully saturated rings. The zero-order valence-corrected chi connectivity index (χ0v) is 19.6. The minimum atomic E-state index is -3.91. The molecule has 0 saturated heterocycles. The number of hydrogen-bond acceptors (Lipinski definition) is 6.